The highest BCUT2D eigenvalue weighted by Gasteiger charge is 2.05. The SMILES string of the molecule is CC(=O)Cl.CCCCCCOc1ccccc1OC(C)=O. The van der Waals surface area contributed by atoms with E-state index in [0.29, 0.717) is 18.1 Å². The molecule has 0 radical (unpaired) electrons. The number of hydrogen-bond donors (Lipinski definition) is 0. The molecule has 0 aromatic heterocycles. The molecule has 1 rings (SSSR count). The van der Waals surface area contributed by atoms with Crippen LogP contribution in [-0.4, -0.2) is 17.8 Å². The van der Waals surface area contributed by atoms with Crippen LogP contribution in [0.3, 0.4) is 0 Å². The highest BCUT2D eigenvalue weighted by atomic mass is 35.5. The second-order valence-corrected chi connectivity index (χ2v) is 4.95. The first-order valence-corrected chi connectivity index (χ1v) is 7.41. The van der Waals surface area contributed by atoms with Gasteiger partial charge in [0.1, 0.15) is 0 Å². The maximum atomic E-state index is 10.9. The molecule has 0 bridgehead atoms. The lowest BCUT2D eigenvalue weighted by atomic mass is 10.2. The molecule has 0 spiro atoms. The summed E-state index contributed by atoms with van der Waals surface area (Å²) in [6.45, 7) is 5.52. The summed E-state index contributed by atoms with van der Waals surface area (Å²) >= 11 is 4.64. The zero-order valence-corrected chi connectivity index (χ0v) is 13.6. The van der Waals surface area contributed by atoms with Crippen LogP contribution in [0.25, 0.3) is 0 Å². The summed E-state index contributed by atoms with van der Waals surface area (Å²) in [4.78, 5) is 20.1. The van der Waals surface area contributed by atoms with E-state index < -0.39 is 0 Å². The number of benzene rings is 1. The Morgan fingerprint density at radius 2 is 1.62 bits per heavy atom. The summed E-state index contributed by atoms with van der Waals surface area (Å²) < 4.78 is 10.7. The zero-order chi connectivity index (χ0) is 16.1. The summed E-state index contributed by atoms with van der Waals surface area (Å²) in [5.74, 6) is 0.807. The Bertz CT molecular complexity index is 428. The Kier molecular flexibility index (Phi) is 11.3. The van der Waals surface area contributed by atoms with Gasteiger partial charge in [0, 0.05) is 13.8 Å². The lowest BCUT2D eigenvalue weighted by molar-refractivity contribution is -0.132. The number of esters is 1. The summed E-state index contributed by atoms with van der Waals surface area (Å²) in [5.41, 5.74) is 0. The fraction of sp³-hybridized carbons (Fsp3) is 0.500. The number of halogens is 1. The van der Waals surface area contributed by atoms with Crippen LogP contribution in [0.5, 0.6) is 11.5 Å². The van der Waals surface area contributed by atoms with Crippen molar-refractivity contribution < 1.29 is 19.1 Å². The van der Waals surface area contributed by atoms with Crippen LogP contribution in [0.1, 0.15) is 46.5 Å². The minimum absolute atomic E-state index is 0.327. The highest BCUT2D eigenvalue weighted by Crippen LogP contribution is 2.26. The van der Waals surface area contributed by atoms with Crippen LogP contribution in [-0.2, 0) is 9.59 Å². The van der Waals surface area contributed by atoms with E-state index in [1.165, 1.54) is 33.1 Å². The van der Waals surface area contributed by atoms with Gasteiger partial charge in [0.05, 0.1) is 6.61 Å². The van der Waals surface area contributed by atoms with Crippen LogP contribution < -0.4 is 9.47 Å². The van der Waals surface area contributed by atoms with Crippen molar-refractivity contribution in [2.45, 2.75) is 46.5 Å². The average Bonchev–Trinajstić information content (AvgIpc) is 2.39. The fourth-order valence-corrected chi connectivity index (χ4v) is 1.52. The van der Waals surface area contributed by atoms with Gasteiger partial charge in [0.15, 0.2) is 11.5 Å². The summed E-state index contributed by atoms with van der Waals surface area (Å²) in [6, 6.07) is 7.25. The summed E-state index contributed by atoms with van der Waals surface area (Å²) in [5, 5.41) is -0.361. The normalized spacial score (nSPS) is 9.33. The van der Waals surface area contributed by atoms with Gasteiger partial charge < -0.3 is 9.47 Å². The Morgan fingerprint density at radius 1 is 1.05 bits per heavy atom. The van der Waals surface area contributed by atoms with E-state index in [0.717, 1.165) is 6.42 Å². The van der Waals surface area contributed by atoms with Gasteiger partial charge >= 0.3 is 5.97 Å². The highest BCUT2D eigenvalue weighted by molar-refractivity contribution is 6.62. The molecule has 0 saturated heterocycles. The number of carbonyl (C=O) groups is 2. The molecule has 0 heterocycles. The minimum atomic E-state index is -0.361. The molecule has 0 atom stereocenters. The van der Waals surface area contributed by atoms with Crippen molar-refractivity contribution >= 4 is 22.8 Å². The monoisotopic (exact) mass is 314 g/mol. The van der Waals surface area contributed by atoms with E-state index in [1.807, 2.05) is 18.2 Å². The number of unbranched alkanes of at least 4 members (excludes halogenated alkanes) is 3. The van der Waals surface area contributed by atoms with Gasteiger partial charge in [-0.2, -0.15) is 0 Å². The maximum absolute atomic E-state index is 10.9. The lowest BCUT2D eigenvalue weighted by Crippen LogP contribution is -2.04. The zero-order valence-electron chi connectivity index (χ0n) is 12.9. The predicted molar refractivity (Wildman–Crippen MR) is 83.9 cm³/mol. The van der Waals surface area contributed by atoms with Crippen molar-refractivity contribution in [2.24, 2.45) is 0 Å². The van der Waals surface area contributed by atoms with E-state index >= 15 is 0 Å². The molecule has 0 aliphatic carbocycles. The molecule has 1 aromatic rings. The number of hydrogen-bond acceptors (Lipinski definition) is 4. The van der Waals surface area contributed by atoms with Crippen molar-refractivity contribution in [1.82, 2.24) is 0 Å². The second-order valence-electron chi connectivity index (χ2n) is 4.42. The Hall–Kier alpha value is -1.55. The Labute approximate surface area is 131 Å². The van der Waals surface area contributed by atoms with Gasteiger partial charge in [-0.3, -0.25) is 9.59 Å². The molecule has 0 N–H and O–H groups in total. The number of para-hydroxylation sites is 2. The van der Waals surface area contributed by atoms with Crippen molar-refractivity contribution in [1.29, 1.82) is 0 Å². The molecule has 0 fully saturated rings. The smallest absolute Gasteiger partial charge is 0.308 e. The molecule has 0 aliphatic heterocycles. The first-order valence-electron chi connectivity index (χ1n) is 7.03. The topological polar surface area (TPSA) is 52.6 Å². The van der Waals surface area contributed by atoms with Crippen LogP contribution in [0, 0.1) is 0 Å². The third-order valence-electron chi connectivity index (χ3n) is 2.36. The van der Waals surface area contributed by atoms with Gasteiger partial charge in [-0.05, 0) is 30.2 Å². The van der Waals surface area contributed by atoms with Gasteiger partial charge in [-0.15, -0.1) is 0 Å². The van der Waals surface area contributed by atoms with Crippen molar-refractivity contribution in [3.8, 4) is 11.5 Å². The maximum Gasteiger partial charge on any atom is 0.308 e. The summed E-state index contributed by atoms with van der Waals surface area (Å²) in [7, 11) is 0. The largest absolute Gasteiger partial charge is 0.490 e. The van der Waals surface area contributed by atoms with Gasteiger partial charge in [0.25, 0.3) is 0 Å². The molecular weight excluding hydrogens is 292 g/mol. The van der Waals surface area contributed by atoms with E-state index in [2.05, 4.69) is 18.5 Å². The van der Waals surface area contributed by atoms with Crippen molar-refractivity contribution in [3.05, 3.63) is 24.3 Å². The Morgan fingerprint density at radius 3 is 2.14 bits per heavy atom. The number of carbonyl (C=O) groups excluding carboxylic acids is 2. The van der Waals surface area contributed by atoms with Crippen molar-refractivity contribution in [3.63, 3.8) is 0 Å². The molecule has 4 nitrogen and oxygen atoms in total. The van der Waals surface area contributed by atoms with Crippen LogP contribution >= 0.6 is 11.6 Å². The molecule has 0 saturated carbocycles. The van der Waals surface area contributed by atoms with Crippen LogP contribution in [0.2, 0.25) is 0 Å². The van der Waals surface area contributed by atoms with E-state index in [-0.39, 0.29) is 11.2 Å². The number of ether oxygens (including phenoxy) is 2. The third-order valence-corrected chi connectivity index (χ3v) is 2.36. The molecule has 0 amide bonds. The predicted octanol–water partition coefficient (Wildman–Crippen LogP) is 4.34. The molecule has 5 heteroatoms. The fourth-order valence-electron chi connectivity index (χ4n) is 1.52. The van der Waals surface area contributed by atoms with Gasteiger partial charge in [0.2, 0.25) is 5.24 Å². The molecule has 0 aliphatic rings. The molecule has 1 aromatic carbocycles. The quantitative estimate of drug-likeness (QED) is 0.325. The van der Waals surface area contributed by atoms with E-state index in [4.69, 9.17) is 9.47 Å². The van der Waals surface area contributed by atoms with E-state index in [9.17, 15) is 9.59 Å². The molecular formula is C16H23ClO4. The minimum Gasteiger partial charge on any atom is -0.490 e. The summed E-state index contributed by atoms with van der Waals surface area (Å²) in [6.07, 6.45) is 4.65. The Balaban J connectivity index is 0.000000885. The average molecular weight is 315 g/mol. The van der Waals surface area contributed by atoms with Crippen LogP contribution in [0.4, 0.5) is 0 Å². The first-order chi connectivity index (χ1) is 9.97. The van der Waals surface area contributed by atoms with Crippen LogP contribution in [0.15, 0.2) is 24.3 Å². The van der Waals surface area contributed by atoms with Gasteiger partial charge in [-0.25, -0.2) is 0 Å². The second kappa shape index (κ2) is 12.2. The van der Waals surface area contributed by atoms with Gasteiger partial charge in [-0.1, -0.05) is 38.3 Å². The molecule has 118 valence electrons. The molecule has 21 heavy (non-hydrogen) atoms. The standard InChI is InChI=1S/C14H20O3.C2H3ClO/c1-3-4-5-8-11-16-13-9-6-7-10-14(13)17-12(2)15;1-2(3)4/h6-7,9-10H,3-5,8,11H2,1-2H3;1H3. The van der Waals surface area contributed by atoms with E-state index in [1.54, 1.807) is 6.07 Å². The lowest BCUT2D eigenvalue weighted by Gasteiger charge is -2.10. The first kappa shape index (κ1) is 19.4. The number of rotatable bonds is 7. The third kappa shape index (κ3) is 11.9. The van der Waals surface area contributed by atoms with Crippen molar-refractivity contribution in [2.75, 3.05) is 6.61 Å². The molecule has 0 unspecified atom stereocenters.